The van der Waals surface area contributed by atoms with Gasteiger partial charge in [0.25, 0.3) is 5.91 Å². The highest BCUT2D eigenvalue weighted by Gasteiger charge is 2.39. The number of rotatable bonds is 4. The van der Waals surface area contributed by atoms with E-state index in [1.54, 1.807) is 0 Å². The van der Waals surface area contributed by atoms with Crippen molar-refractivity contribution in [2.24, 2.45) is 0 Å². The number of morpholine rings is 1. The monoisotopic (exact) mass is 399 g/mol. The number of fused-ring (bicyclic) bond motifs is 1. The van der Waals surface area contributed by atoms with Crippen LogP contribution in [0.25, 0.3) is 0 Å². The van der Waals surface area contributed by atoms with Gasteiger partial charge in [-0.25, -0.2) is 4.98 Å². The van der Waals surface area contributed by atoms with Gasteiger partial charge in [-0.15, -0.1) is 0 Å². The summed E-state index contributed by atoms with van der Waals surface area (Å²) in [4.78, 5) is 26.6. The van der Waals surface area contributed by atoms with Crippen LogP contribution in [0.2, 0.25) is 5.02 Å². The molecular formula is C20H22ClN5O2. The highest BCUT2D eigenvalue weighted by Crippen LogP contribution is 2.36. The van der Waals surface area contributed by atoms with E-state index in [-0.39, 0.29) is 5.91 Å². The smallest absolute Gasteiger partial charge is 0.273 e. The summed E-state index contributed by atoms with van der Waals surface area (Å²) in [6.07, 6.45) is 3.33. The first-order valence-electron chi connectivity index (χ1n) is 9.76. The summed E-state index contributed by atoms with van der Waals surface area (Å²) < 4.78 is 5.44. The Bertz CT molecular complexity index is 894. The predicted octanol–water partition coefficient (Wildman–Crippen LogP) is 3.22. The SMILES string of the molecule is O=C1c2nc(N3CCOCC3)nc(Nc3ccc(Cl)cc3)c2CN1C1CCC1. The number of hydrogen-bond acceptors (Lipinski definition) is 6. The fourth-order valence-corrected chi connectivity index (χ4v) is 3.97. The lowest BCUT2D eigenvalue weighted by Crippen LogP contribution is -2.40. The van der Waals surface area contributed by atoms with Crippen LogP contribution in [0, 0.1) is 0 Å². The molecule has 3 aliphatic rings. The summed E-state index contributed by atoms with van der Waals surface area (Å²) in [7, 11) is 0. The lowest BCUT2D eigenvalue weighted by molar-refractivity contribution is 0.0602. The summed E-state index contributed by atoms with van der Waals surface area (Å²) in [5.74, 6) is 1.31. The van der Waals surface area contributed by atoms with Crippen LogP contribution in [0.3, 0.4) is 0 Å². The maximum absolute atomic E-state index is 13.1. The number of anilines is 3. The third-order valence-corrected chi connectivity index (χ3v) is 5.96. The van der Waals surface area contributed by atoms with Crippen LogP contribution in [0.4, 0.5) is 17.5 Å². The molecule has 1 saturated carbocycles. The molecule has 2 aliphatic heterocycles. The third-order valence-electron chi connectivity index (χ3n) is 5.70. The van der Waals surface area contributed by atoms with E-state index in [1.165, 1.54) is 6.42 Å². The van der Waals surface area contributed by atoms with Gasteiger partial charge in [0.1, 0.15) is 11.5 Å². The van der Waals surface area contributed by atoms with Gasteiger partial charge in [-0.2, -0.15) is 4.98 Å². The van der Waals surface area contributed by atoms with Crippen LogP contribution >= 0.6 is 11.6 Å². The Morgan fingerprint density at radius 2 is 1.86 bits per heavy atom. The molecule has 1 aromatic heterocycles. The van der Waals surface area contributed by atoms with E-state index < -0.39 is 0 Å². The van der Waals surface area contributed by atoms with Crippen molar-refractivity contribution >= 4 is 35.0 Å². The second-order valence-electron chi connectivity index (χ2n) is 7.45. The van der Waals surface area contributed by atoms with Gasteiger partial charge in [0.15, 0.2) is 0 Å². The molecule has 0 spiro atoms. The Labute approximate surface area is 168 Å². The zero-order valence-corrected chi connectivity index (χ0v) is 16.3. The summed E-state index contributed by atoms with van der Waals surface area (Å²) >= 11 is 6.01. The summed E-state index contributed by atoms with van der Waals surface area (Å²) in [5, 5.41) is 4.06. The molecule has 1 amide bonds. The summed E-state index contributed by atoms with van der Waals surface area (Å²) in [6, 6.07) is 7.81. The van der Waals surface area contributed by atoms with E-state index >= 15 is 0 Å². The van der Waals surface area contributed by atoms with Crippen molar-refractivity contribution < 1.29 is 9.53 Å². The topological polar surface area (TPSA) is 70.6 Å². The van der Waals surface area contributed by atoms with Crippen LogP contribution < -0.4 is 10.2 Å². The molecule has 0 atom stereocenters. The molecule has 0 bridgehead atoms. The summed E-state index contributed by atoms with van der Waals surface area (Å²) in [6.45, 7) is 3.29. The number of carbonyl (C=O) groups is 1. The molecule has 1 N–H and O–H groups in total. The fourth-order valence-electron chi connectivity index (χ4n) is 3.85. The number of hydrogen-bond donors (Lipinski definition) is 1. The molecule has 1 aliphatic carbocycles. The first kappa shape index (κ1) is 17.7. The van der Waals surface area contributed by atoms with E-state index in [1.807, 2.05) is 29.2 Å². The molecule has 1 saturated heterocycles. The number of amides is 1. The zero-order chi connectivity index (χ0) is 19.1. The van der Waals surface area contributed by atoms with Gasteiger partial charge in [0.05, 0.1) is 19.8 Å². The normalized spacial score (nSPS) is 19.5. The highest BCUT2D eigenvalue weighted by molar-refractivity contribution is 6.30. The lowest BCUT2D eigenvalue weighted by Gasteiger charge is -2.34. The largest absolute Gasteiger partial charge is 0.378 e. The van der Waals surface area contributed by atoms with Gasteiger partial charge in [-0.1, -0.05) is 11.6 Å². The number of carbonyl (C=O) groups excluding carboxylic acids is 1. The predicted molar refractivity (Wildman–Crippen MR) is 107 cm³/mol. The van der Waals surface area contributed by atoms with Crippen molar-refractivity contribution in [1.82, 2.24) is 14.9 Å². The van der Waals surface area contributed by atoms with Crippen LogP contribution in [0.1, 0.15) is 35.3 Å². The van der Waals surface area contributed by atoms with Crippen LogP contribution in [-0.4, -0.2) is 53.1 Å². The number of ether oxygens (including phenoxy) is 1. The van der Waals surface area contributed by atoms with Crippen molar-refractivity contribution in [2.45, 2.75) is 31.8 Å². The van der Waals surface area contributed by atoms with Gasteiger partial charge in [0.2, 0.25) is 5.95 Å². The molecule has 8 heteroatoms. The quantitative estimate of drug-likeness (QED) is 0.851. The molecule has 3 heterocycles. The van der Waals surface area contributed by atoms with E-state index in [0.717, 1.165) is 37.2 Å². The molecular weight excluding hydrogens is 378 g/mol. The van der Waals surface area contributed by atoms with Crippen molar-refractivity contribution in [1.29, 1.82) is 0 Å². The van der Waals surface area contributed by atoms with Gasteiger partial charge in [0, 0.05) is 35.4 Å². The number of benzene rings is 1. The molecule has 146 valence electrons. The first-order chi connectivity index (χ1) is 13.7. The molecule has 28 heavy (non-hydrogen) atoms. The molecule has 7 nitrogen and oxygen atoms in total. The van der Waals surface area contributed by atoms with Gasteiger partial charge in [-0.3, -0.25) is 4.79 Å². The Balaban J connectivity index is 1.52. The van der Waals surface area contributed by atoms with E-state index in [9.17, 15) is 4.79 Å². The van der Waals surface area contributed by atoms with E-state index in [2.05, 4.69) is 15.2 Å². The minimum absolute atomic E-state index is 0.0239. The summed E-state index contributed by atoms with van der Waals surface area (Å²) in [5.41, 5.74) is 2.29. The third kappa shape index (κ3) is 3.18. The van der Waals surface area contributed by atoms with Crippen LogP contribution in [-0.2, 0) is 11.3 Å². The number of aromatic nitrogens is 2. The molecule has 2 aromatic rings. The van der Waals surface area contributed by atoms with Gasteiger partial charge < -0.3 is 19.9 Å². The maximum atomic E-state index is 13.1. The zero-order valence-electron chi connectivity index (χ0n) is 15.5. The van der Waals surface area contributed by atoms with Gasteiger partial charge in [-0.05, 0) is 43.5 Å². The number of halogens is 1. The van der Waals surface area contributed by atoms with Crippen molar-refractivity contribution in [3.8, 4) is 0 Å². The molecule has 0 unspecified atom stereocenters. The highest BCUT2D eigenvalue weighted by atomic mass is 35.5. The Morgan fingerprint density at radius 3 is 2.54 bits per heavy atom. The van der Waals surface area contributed by atoms with E-state index in [0.29, 0.717) is 48.3 Å². The van der Waals surface area contributed by atoms with Crippen molar-refractivity contribution in [3.05, 3.63) is 40.5 Å². The maximum Gasteiger partial charge on any atom is 0.273 e. The van der Waals surface area contributed by atoms with Crippen LogP contribution in [0.5, 0.6) is 0 Å². The molecule has 2 fully saturated rings. The number of nitrogens with one attached hydrogen (secondary N) is 1. The Kier molecular flexibility index (Phi) is 4.56. The van der Waals surface area contributed by atoms with Crippen molar-refractivity contribution in [2.75, 3.05) is 36.5 Å². The fraction of sp³-hybridized carbons (Fsp3) is 0.450. The number of nitrogens with zero attached hydrogens (tertiary/aromatic N) is 4. The van der Waals surface area contributed by atoms with E-state index in [4.69, 9.17) is 21.3 Å². The average Bonchev–Trinajstić information content (AvgIpc) is 3.00. The molecule has 1 aromatic carbocycles. The second kappa shape index (κ2) is 7.22. The second-order valence-corrected chi connectivity index (χ2v) is 7.88. The molecule has 0 radical (unpaired) electrons. The minimum Gasteiger partial charge on any atom is -0.378 e. The Hall–Kier alpha value is -2.38. The van der Waals surface area contributed by atoms with Crippen molar-refractivity contribution in [3.63, 3.8) is 0 Å². The van der Waals surface area contributed by atoms with Gasteiger partial charge >= 0.3 is 0 Å². The Morgan fingerprint density at radius 1 is 1.11 bits per heavy atom. The van der Waals surface area contributed by atoms with Crippen LogP contribution in [0.15, 0.2) is 24.3 Å². The minimum atomic E-state index is 0.0239. The molecule has 5 rings (SSSR count). The standard InChI is InChI=1S/C20H22ClN5O2/c21-13-4-6-14(7-5-13)22-18-16-12-26(15-2-1-3-15)19(27)17(16)23-20(24-18)25-8-10-28-11-9-25/h4-7,15H,1-3,8-12H2,(H,22,23,24). The first-order valence-corrected chi connectivity index (χ1v) is 10.1. The average molecular weight is 400 g/mol. The lowest BCUT2D eigenvalue weighted by atomic mass is 9.92.